The smallest absolute Gasteiger partial charge is 0.399 e. The predicted octanol–water partition coefficient (Wildman–Crippen LogP) is 8.14. The van der Waals surface area contributed by atoms with Gasteiger partial charge in [0.25, 0.3) is 0 Å². The fraction of sp³-hybridized carbons (Fsp3) is 0.176. The van der Waals surface area contributed by atoms with Crippen LogP contribution >= 0.6 is 0 Å². The van der Waals surface area contributed by atoms with Gasteiger partial charge in [-0.3, -0.25) is 0 Å². The number of hydrogen-bond acceptors (Lipinski definition) is 2. The van der Waals surface area contributed by atoms with Gasteiger partial charge in [-0.1, -0.05) is 103 Å². The average Bonchev–Trinajstić information content (AvgIpc) is 3.15. The van der Waals surface area contributed by atoms with Crippen LogP contribution in [-0.2, 0) is 9.31 Å². The molecule has 5 aromatic carbocycles. The molecule has 1 aliphatic heterocycles. The Morgan fingerprint density at radius 1 is 0.432 bits per heavy atom. The molecule has 0 unspecified atom stereocenters. The predicted molar refractivity (Wildman–Crippen MR) is 156 cm³/mol. The lowest BCUT2D eigenvalue weighted by Crippen LogP contribution is -2.41. The highest BCUT2D eigenvalue weighted by Crippen LogP contribution is 2.37. The summed E-state index contributed by atoms with van der Waals surface area (Å²) in [5.74, 6) is 0. The zero-order valence-electron chi connectivity index (χ0n) is 21.9. The number of rotatable bonds is 4. The maximum atomic E-state index is 6.25. The SMILES string of the molecule is CC1(C)OB(c2ccc3cc(-c4ccc(-c5cccc(-c6ccccc6)c5)cc4)ccc3c2)OC1(C)C. The van der Waals surface area contributed by atoms with Gasteiger partial charge in [-0.25, -0.2) is 0 Å². The fourth-order valence-corrected chi connectivity index (χ4v) is 4.93. The highest BCUT2D eigenvalue weighted by molar-refractivity contribution is 6.62. The Morgan fingerprint density at radius 2 is 0.892 bits per heavy atom. The monoisotopic (exact) mass is 482 g/mol. The molecule has 0 aliphatic carbocycles. The summed E-state index contributed by atoms with van der Waals surface area (Å²) in [4.78, 5) is 0. The van der Waals surface area contributed by atoms with Crippen molar-refractivity contribution in [2.45, 2.75) is 38.9 Å². The summed E-state index contributed by atoms with van der Waals surface area (Å²) < 4.78 is 12.5. The maximum Gasteiger partial charge on any atom is 0.494 e. The molecule has 2 nitrogen and oxygen atoms in total. The van der Waals surface area contributed by atoms with Gasteiger partial charge in [0.1, 0.15) is 0 Å². The summed E-state index contributed by atoms with van der Waals surface area (Å²) in [6.07, 6.45) is 0. The van der Waals surface area contributed by atoms with Gasteiger partial charge in [-0.15, -0.1) is 0 Å². The molecule has 0 aromatic heterocycles. The molecule has 1 aliphatic rings. The summed E-state index contributed by atoms with van der Waals surface area (Å²) in [5.41, 5.74) is 7.70. The third-order valence-electron chi connectivity index (χ3n) is 7.91. The van der Waals surface area contributed by atoms with Gasteiger partial charge in [0, 0.05) is 0 Å². The molecule has 3 heteroatoms. The fourth-order valence-electron chi connectivity index (χ4n) is 4.93. The van der Waals surface area contributed by atoms with Crippen molar-refractivity contribution in [3.8, 4) is 33.4 Å². The topological polar surface area (TPSA) is 18.5 Å². The van der Waals surface area contributed by atoms with E-state index in [0.717, 1.165) is 5.46 Å². The van der Waals surface area contributed by atoms with Crippen LogP contribution in [0.25, 0.3) is 44.2 Å². The summed E-state index contributed by atoms with van der Waals surface area (Å²) in [7, 11) is -0.345. The molecule has 0 N–H and O–H groups in total. The van der Waals surface area contributed by atoms with Crippen LogP contribution in [0, 0.1) is 0 Å². The van der Waals surface area contributed by atoms with Gasteiger partial charge in [-0.05, 0) is 89.4 Å². The van der Waals surface area contributed by atoms with Crippen molar-refractivity contribution in [1.29, 1.82) is 0 Å². The second-order valence-electron chi connectivity index (χ2n) is 10.9. The molecular formula is C34H31BO2. The number of hydrogen-bond donors (Lipinski definition) is 0. The van der Waals surface area contributed by atoms with Gasteiger partial charge in [-0.2, -0.15) is 0 Å². The van der Waals surface area contributed by atoms with Crippen molar-refractivity contribution in [3.05, 3.63) is 115 Å². The van der Waals surface area contributed by atoms with Crippen molar-refractivity contribution >= 4 is 23.4 Å². The maximum absolute atomic E-state index is 6.25. The number of benzene rings is 5. The molecular weight excluding hydrogens is 451 g/mol. The van der Waals surface area contributed by atoms with Crippen LogP contribution in [0.1, 0.15) is 27.7 Å². The Labute approximate surface area is 220 Å². The summed E-state index contributed by atoms with van der Waals surface area (Å²) in [6.45, 7) is 8.36. The van der Waals surface area contributed by atoms with Crippen molar-refractivity contribution in [2.75, 3.05) is 0 Å². The second-order valence-corrected chi connectivity index (χ2v) is 10.9. The molecule has 37 heavy (non-hydrogen) atoms. The van der Waals surface area contributed by atoms with Crippen LogP contribution in [-0.4, -0.2) is 18.3 Å². The van der Waals surface area contributed by atoms with Crippen LogP contribution in [0.5, 0.6) is 0 Å². The van der Waals surface area contributed by atoms with Gasteiger partial charge >= 0.3 is 7.12 Å². The summed E-state index contributed by atoms with van der Waals surface area (Å²) in [6, 6.07) is 41.2. The lowest BCUT2D eigenvalue weighted by atomic mass is 9.78. The van der Waals surface area contributed by atoms with Crippen LogP contribution in [0.2, 0.25) is 0 Å². The van der Waals surface area contributed by atoms with E-state index in [9.17, 15) is 0 Å². The second kappa shape index (κ2) is 9.02. The van der Waals surface area contributed by atoms with E-state index in [4.69, 9.17) is 9.31 Å². The standard InChI is InChI=1S/C34H31BO2/c1-33(2)34(3,4)37-35(36-33)32-20-19-30-22-29(17-18-31(30)23-32)26-15-13-25(14-16-26)28-12-8-11-27(21-28)24-9-6-5-7-10-24/h5-23H,1-4H3. The van der Waals surface area contributed by atoms with E-state index >= 15 is 0 Å². The molecule has 0 radical (unpaired) electrons. The molecule has 1 fully saturated rings. The highest BCUT2D eigenvalue weighted by Gasteiger charge is 2.51. The lowest BCUT2D eigenvalue weighted by molar-refractivity contribution is 0.00578. The zero-order chi connectivity index (χ0) is 25.6. The third-order valence-corrected chi connectivity index (χ3v) is 7.91. The van der Waals surface area contributed by atoms with Crippen LogP contribution < -0.4 is 5.46 Å². The summed E-state index contributed by atoms with van der Waals surface area (Å²) in [5, 5.41) is 2.39. The van der Waals surface area contributed by atoms with Crippen molar-refractivity contribution in [1.82, 2.24) is 0 Å². The van der Waals surface area contributed by atoms with Crippen LogP contribution in [0.4, 0.5) is 0 Å². The zero-order valence-corrected chi connectivity index (χ0v) is 21.9. The largest absolute Gasteiger partial charge is 0.494 e. The molecule has 6 rings (SSSR count). The van der Waals surface area contributed by atoms with Crippen molar-refractivity contribution in [2.24, 2.45) is 0 Å². The van der Waals surface area contributed by atoms with E-state index in [1.165, 1.54) is 44.2 Å². The Bertz CT molecular complexity index is 1550. The van der Waals surface area contributed by atoms with E-state index in [1.807, 2.05) is 0 Å². The normalized spacial score (nSPS) is 16.3. The minimum atomic E-state index is -0.345. The van der Waals surface area contributed by atoms with Crippen molar-refractivity contribution < 1.29 is 9.31 Å². The minimum Gasteiger partial charge on any atom is -0.399 e. The lowest BCUT2D eigenvalue weighted by Gasteiger charge is -2.32. The molecule has 0 saturated carbocycles. The molecule has 0 spiro atoms. The van der Waals surface area contributed by atoms with E-state index < -0.39 is 0 Å². The highest BCUT2D eigenvalue weighted by atomic mass is 16.7. The third kappa shape index (κ3) is 4.50. The van der Waals surface area contributed by atoms with Crippen LogP contribution in [0.15, 0.2) is 115 Å². The van der Waals surface area contributed by atoms with Gasteiger partial charge in [0.2, 0.25) is 0 Å². The van der Waals surface area contributed by atoms with Crippen molar-refractivity contribution in [3.63, 3.8) is 0 Å². The number of fused-ring (bicyclic) bond motifs is 1. The van der Waals surface area contributed by atoms with Crippen LogP contribution in [0.3, 0.4) is 0 Å². The van der Waals surface area contributed by atoms with E-state index in [-0.39, 0.29) is 18.3 Å². The first-order valence-corrected chi connectivity index (χ1v) is 12.9. The average molecular weight is 482 g/mol. The van der Waals surface area contributed by atoms with E-state index in [1.54, 1.807) is 0 Å². The Morgan fingerprint density at radius 3 is 1.51 bits per heavy atom. The molecule has 0 bridgehead atoms. The molecule has 1 heterocycles. The minimum absolute atomic E-state index is 0.342. The molecule has 0 amide bonds. The first-order valence-electron chi connectivity index (χ1n) is 12.9. The van der Waals surface area contributed by atoms with E-state index in [0.29, 0.717) is 0 Å². The Balaban J connectivity index is 1.25. The first kappa shape index (κ1) is 23.7. The molecule has 1 saturated heterocycles. The van der Waals surface area contributed by atoms with E-state index in [2.05, 4.69) is 143 Å². The Hall–Kier alpha value is -3.66. The Kier molecular flexibility index (Phi) is 5.79. The van der Waals surface area contributed by atoms with Gasteiger partial charge in [0.05, 0.1) is 11.2 Å². The van der Waals surface area contributed by atoms with Gasteiger partial charge in [0.15, 0.2) is 0 Å². The first-order chi connectivity index (χ1) is 17.8. The molecule has 5 aromatic rings. The quantitative estimate of drug-likeness (QED) is 0.241. The van der Waals surface area contributed by atoms with Gasteiger partial charge < -0.3 is 9.31 Å². The summed E-state index contributed by atoms with van der Waals surface area (Å²) >= 11 is 0. The molecule has 0 atom stereocenters. The molecule has 182 valence electrons.